The highest BCUT2D eigenvalue weighted by Crippen LogP contribution is 2.34. The molecule has 0 bridgehead atoms. The summed E-state index contributed by atoms with van der Waals surface area (Å²) in [7, 11) is 0. The summed E-state index contributed by atoms with van der Waals surface area (Å²) < 4.78 is 0. The summed E-state index contributed by atoms with van der Waals surface area (Å²) in [5.41, 5.74) is 0.338. The summed E-state index contributed by atoms with van der Waals surface area (Å²) in [5.74, 6) is 0.306. The smallest absolute Gasteiger partial charge is 0.353 e. The van der Waals surface area contributed by atoms with Crippen LogP contribution in [0, 0.1) is 24.0 Å². The predicted molar refractivity (Wildman–Crippen MR) is 86.9 cm³/mol. The average Bonchev–Trinajstić information content (AvgIpc) is 2.65. The standard InChI is InChI=1S/C13H18N6O2S/c1-7-8(2)22-12(16-7)17-10-9(19(20)21)11(15-6-14-10)18-13(3,4)5/h6H,1-5H3,(H2,14,15,16,17,18). The molecule has 0 saturated heterocycles. The van der Waals surface area contributed by atoms with E-state index < -0.39 is 4.92 Å². The molecular weight excluding hydrogens is 304 g/mol. The maximum atomic E-state index is 11.4. The number of nitro groups is 1. The molecule has 0 amide bonds. The summed E-state index contributed by atoms with van der Waals surface area (Å²) in [6.45, 7) is 9.54. The predicted octanol–water partition coefficient (Wildman–Crippen LogP) is 3.41. The molecule has 0 fully saturated rings. The van der Waals surface area contributed by atoms with Gasteiger partial charge in [0.25, 0.3) is 0 Å². The van der Waals surface area contributed by atoms with Crippen molar-refractivity contribution >= 4 is 33.8 Å². The van der Waals surface area contributed by atoms with Crippen LogP contribution in [0.15, 0.2) is 6.33 Å². The first-order valence-electron chi connectivity index (χ1n) is 6.66. The van der Waals surface area contributed by atoms with E-state index in [1.165, 1.54) is 17.7 Å². The van der Waals surface area contributed by atoms with Gasteiger partial charge < -0.3 is 10.6 Å². The number of aryl methyl sites for hydroxylation is 2. The van der Waals surface area contributed by atoms with Crippen LogP contribution >= 0.6 is 11.3 Å². The van der Waals surface area contributed by atoms with Crippen molar-refractivity contribution in [3.8, 4) is 0 Å². The molecule has 2 heterocycles. The summed E-state index contributed by atoms with van der Waals surface area (Å²) in [4.78, 5) is 24.3. The molecule has 22 heavy (non-hydrogen) atoms. The minimum Gasteiger partial charge on any atom is -0.360 e. The van der Waals surface area contributed by atoms with Crippen molar-refractivity contribution in [2.24, 2.45) is 0 Å². The molecule has 0 radical (unpaired) electrons. The number of aromatic nitrogens is 3. The van der Waals surface area contributed by atoms with Gasteiger partial charge in [0.1, 0.15) is 6.33 Å². The normalized spacial score (nSPS) is 11.3. The third-order valence-corrected chi connectivity index (χ3v) is 3.74. The van der Waals surface area contributed by atoms with Crippen LogP contribution in [0.4, 0.5) is 22.5 Å². The number of thiazole rings is 1. The Morgan fingerprint density at radius 1 is 1.23 bits per heavy atom. The van der Waals surface area contributed by atoms with Crippen LogP contribution in [0.5, 0.6) is 0 Å². The topological polar surface area (TPSA) is 106 Å². The molecule has 0 aliphatic carbocycles. The van der Waals surface area contributed by atoms with Crippen molar-refractivity contribution in [2.45, 2.75) is 40.2 Å². The molecule has 8 nitrogen and oxygen atoms in total. The number of hydrogen-bond donors (Lipinski definition) is 2. The van der Waals surface area contributed by atoms with E-state index >= 15 is 0 Å². The molecule has 2 aromatic rings. The van der Waals surface area contributed by atoms with Gasteiger partial charge in [-0.25, -0.2) is 15.0 Å². The minimum atomic E-state index is -0.496. The maximum absolute atomic E-state index is 11.4. The van der Waals surface area contributed by atoms with Crippen molar-refractivity contribution in [3.63, 3.8) is 0 Å². The summed E-state index contributed by atoms with van der Waals surface area (Å²) >= 11 is 1.42. The third-order valence-electron chi connectivity index (χ3n) is 2.75. The van der Waals surface area contributed by atoms with E-state index in [-0.39, 0.29) is 22.9 Å². The molecule has 0 aromatic carbocycles. The SMILES string of the molecule is Cc1nc(Nc2ncnc(NC(C)(C)C)c2[N+](=O)[O-])sc1C. The molecule has 2 N–H and O–H groups in total. The van der Waals surface area contributed by atoms with Crippen LogP contribution in [-0.4, -0.2) is 25.4 Å². The number of hydrogen-bond acceptors (Lipinski definition) is 8. The second kappa shape index (κ2) is 5.84. The van der Waals surface area contributed by atoms with Gasteiger partial charge in [-0.1, -0.05) is 0 Å². The van der Waals surface area contributed by atoms with E-state index in [0.717, 1.165) is 10.6 Å². The van der Waals surface area contributed by atoms with Gasteiger partial charge in [0.05, 0.1) is 10.6 Å². The van der Waals surface area contributed by atoms with E-state index in [0.29, 0.717) is 5.13 Å². The Labute approximate surface area is 132 Å². The molecule has 0 atom stereocenters. The molecule has 9 heteroatoms. The zero-order chi connectivity index (χ0) is 16.5. The molecular formula is C13H18N6O2S. The minimum absolute atomic E-state index is 0.125. The number of nitrogens with one attached hydrogen (secondary N) is 2. The maximum Gasteiger partial charge on any atom is 0.353 e. The van der Waals surface area contributed by atoms with Crippen molar-refractivity contribution in [3.05, 3.63) is 27.0 Å². The van der Waals surface area contributed by atoms with Gasteiger partial charge in [0, 0.05) is 10.4 Å². The quantitative estimate of drug-likeness (QED) is 0.656. The fraction of sp³-hybridized carbons (Fsp3) is 0.462. The van der Waals surface area contributed by atoms with Gasteiger partial charge in [-0.15, -0.1) is 11.3 Å². The Balaban J connectivity index is 2.42. The zero-order valence-electron chi connectivity index (χ0n) is 13.1. The largest absolute Gasteiger partial charge is 0.360 e. The van der Waals surface area contributed by atoms with Gasteiger partial charge in [-0.2, -0.15) is 0 Å². The van der Waals surface area contributed by atoms with Crippen LogP contribution in [-0.2, 0) is 0 Å². The Bertz CT molecular complexity index is 688. The van der Waals surface area contributed by atoms with Gasteiger partial charge in [0.15, 0.2) is 5.13 Å². The second-order valence-corrected chi connectivity index (χ2v) is 7.04. The average molecular weight is 322 g/mol. The third kappa shape index (κ3) is 3.67. The van der Waals surface area contributed by atoms with Gasteiger partial charge in [0.2, 0.25) is 11.6 Å². The monoisotopic (exact) mass is 322 g/mol. The van der Waals surface area contributed by atoms with Crippen molar-refractivity contribution in [1.29, 1.82) is 0 Å². The fourth-order valence-corrected chi connectivity index (χ4v) is 2.53. The lowest BCUT2D eigenvalue weighted by atomic mass is 10.1. The summed E-state index contributed by atoms with van der Waals surface area (Å²) in [6.07, 6.45) is 1.29. The highest BCUT2D eigenvalue weighted by atomic mass is 32.1. The Morgan fingerprint density at radius 2 is 1.86 bits per heavy atom. The highest BCUT2D eigenvalue weighted by Gasteiger charge is 2.26. The lowest BCUT2D eigenvalue weighted by molar-refractivity contribution is -0.383. The second-order valence-electron chi connectivity index (χ2n) is 5.84. The number of rotatable bonds is 4. The lowest BCUT2D eigenvalue weighted by Gasteiger charge is -2.21. The van der Waals surface area contributed by atoms with E-state index in [1.54, 1.807) is 0 Å². The number of nitrogens with zero attached hydrogens (tertiary/aromatic N) is 4. The zero-order valence-corrected chi connectivity index (χ0v) is 13.9. The van der Waals surface area contributed by atoms with Crippen LogP contribution in [0.1, 0.15) is 31.3 Å². The Hall–Kier alpha value is -2.29. The molecule has 0 unspecified atom stereocenters. The van der Waals surface area contributed by atoms with E-state index in [2.05, 4.69) is 25.6 Å². The van der Waals surface area contributed by atoms with Crippen LogP contribution in [0.3, 0.4) is 0 Å². The number of anilines is 3. The Morgan fingerprint density at radius 3 is 2.36 bits per heavy atom. The van der Waals surface area contributed by atoms with Crippen molar-refractivity contribution in [2.75, 3.05) is 10.6 Å². The van der Waals surface area contributed by atoms with Crippen LogP contribution in [0.2, 0.25) is 0 Å². The van der Waals surface area contributed by atoms with Crippen molar-refractivity contribution < 1.29 is 4.92 Å². The summed E-state index contributed by atoms with van der Waals surface area (Å²) in [5, 5.41) is 17.9. The first kappa shape index (κ1) is 16.1. The molecule has 2 rings (SSSR count). The molecule has 0 aliphatic rings. The van der Waals surface area contributed by atoms with Crippen LogP contribution < -0.4 is 10.6 Å². The van der Waals surface area contributed by atoms with Gasteiger partial charge >= 0.3 is 5.69 Å². The first-order valence-corrected chi connectivity index (χ1v) is 7.47. The van der Waals surface area contributed by atoms with E-state index in [4.69, 9.17) is 0 Å². The van der Waals surface area contributed by atoms with E-state index in [9.17, 15) is 10.1 Å². The van der Waals surface area contributed by atoms with Gasteiger partial charge in [-0.3, -0.25) is 10.1 Å². The highest BCUT2D eigenvalue weighted by molar-refractivity contribution is 7.15. The van der Waals surface area contributed by atoms with Gasteiger partial charge in [-0.05, 0) is 34.6 Å². The first-order chi connectivity index (χ1) is 10.2. The molecule has 118 valence electrons. The molecule has 2 aromatic heterocycles. The van der Waals surface area contributed by atoms with Crippen molar-refractivity contribution in [1.82, 2.24) is 15.0 Å². The van der Waals surface area contributed by atoms with E-state index in [1.807, 2.05) is 34.6 Å². The lowest BCUT2D eigenvalue weighted by Crippen LogP contribution is -2.27. The molecule has 0 aliphatic heterocycles. The molecule has 0 spiro atoms. The Kier molecular flexibility index (Phi) is 4.27. The van der Waals surface area contributed by atoms with Crippen LogP contribution in [0.25, 0.3) is 0 Å². The summed E-state index contributed by atoms with van der Waals surface area (Å²) in [6, 6.07) is 0. The fourth-order valence-electron chi connectivity index (χ4n) is 1.72. The molecule has 0 saturated carbocycles.